The lowest BCUT2D eigenvalue weighted by molar-refractivity contribution is 0.417. The minimum Gasteiger partial charge on any atom is -0.495 e. The second-order valence-electron chi connectivity index (χ2n) is 9.94. The van der Waals surface area contributed by atoms with E-state index in [1.165, 1.54) is 12.7 Å². The number of anilines is 2. The monoisotopic (exact) mass is 575 g/mol. The molecular formula is C30H33N5O3S2. The zero-order valence-corrected chi connectivity index (χ0v) is 24.8. The number of ether oxygens (including phenoxy) is 1. The molecule has 2 aromatic carbocycles. The third kappa shape index (κ3) is 5.29. The molecule has 1 saturated heterocycles. The molecule has 208 valence electrons. The number of thiocarbonyl (C=S) groups is 1. The highest BCUT2D eigenvalue weighted by Crippen LogP contribution is 2.45. The molecule has 2 atom stereocenters. The molecule has 1 aliphatic heterocycles. The van der Waals surface area contributed by atoms with Crippen molar-refractivity contribution in [3.63, 3.8) is 0 Å². The van der Waals surface area contributed by atoms with E-state index in [9.17, 15) is 8.42 Å². The van der Waals surface area contributed by atoms with E-state index in [-0.39, 0.29) is 12.1 Å². The minimum atomic E-state index is -3.54. The van der Waals surface area contributed by atoms with Gasteiger partial charge in [0.05, 0.1) is 36.8 Å². The average molecular weight is 576 g/mol. The first-order valence-electron chi connectivity index (χ1n) is 13.1. The van der Waals surface area contributed by atoms with Gasteiger partial charge in [0, 0.05) is 29.0 Å². The minimum absolute atomic E-state index is 0.237. The summed E-state index contributed by atoms with van der Waals surface area (Å²) in [7, 11) is -2.03. The number of methoxy groups -OCH3 is 1. The van der Waals surface area contributed by atoms with Crippen LogP contribution in [0, 0.1) is 13.8 Å². The quantitative estimate of drug-likeness (QED) is 0.264. The van der Waals surface area contributed by atoms with Crippen molar-refractivity contribution in [2.45, 2.75) is 39.3 Å². The molecule has 0 saturated carbocycles. The largest absolute Gasteiger partial charge is 0.495 e. The second-order valence-corrected chi connectivity index (χ2v) is 12.1. The average Bonchev–Trinajstić information content (AvgIpc) is 3.43. The van der Waals surface area contributed by atoms with E-state index in [0.717, 1.165) is 46.7 Å². The highest BCUT2D eigenvalue weighted by molar-refractivity contribution is 7.92. The number of aryl methyl sites for hydroxylation is 2. The molecule has 0 spiro atoms. The highest BCUT2D eigenvalue weighted by atomic mass is 32.2. The van der Waals surface area contributed by atoms with Crippen molar-refractivity contribution in [3.8, 4) is 11.4 Å². The zero-order chi connectivity index (χ0) is 28.6. The summed E-state index contributed by atoms with van der Waals surface area (Å²) in [4.78, 5) is 6.70. The summed E-state index contributed by atoms with van der Waals surface area (Å²) in [6.07, 6.45) is 3.88. The van der Waals surface area contributed by atoms with Gasteiger partial charge in [-0.25, -0.2) is 8.42 Å². The number of sulfonamides is 1. The Morgan fingerprint density at radius 3 is 2.40 bits per heavy atom. The Morgan fingerprint density at radius 1 is 1.05 bits per heavy atom. The molecule has 4 aromatic rings. The van der Waals surface area contributed by atoms with E-state index in [1.807, 2.05) is 29.2 Å². The molecule has 0 aliphatic carbocycles. The predicted molar refractivity (Wildman–Crippen MR) is 164 cm³/mol. The topological polar surface area (TPSA) is 88.5 Å². The summed E-state index contributed by atoms with van der Waals surface area (Å²) in [6, 6.07) is 21.6. The lowest BCUT2D eigenvalue weighted by Crippen LogP contribution is -2.29. The molecule has 0 unspecified atom stereocenters. The van der Waals surface area contributed by atoms with E-state index in [2.05, 4.69) is 70.7 Å². The fourth-order valence-corrected chi connectivity index (χ4v) is 6.34. The van der Waals surface area contributed by atoms with Gasteiger partial charge in [0.2, 0.25) is 10.0 Å². The van der Waals surface area contributed by atoms with Gasteiger partial charge in [-0.3, -0.25) is 9.71 Å². The van der Waals surface area contributed by atoms with Crippen molar-refractivity contribution in [3.05, 3.63) is 101 Å². The third-order valence-corrected chi connectivity index (χ3v) is 8.15. The maximum atomic E-state index is 12.1. The fourth-order valence-electron chi connectivity index (χ4n) is 5.44. The maximum Gasteiger partial charge on any atom is 0.229 e. The smallest absolute Gasteiger partial charge is 0.229 e. The summed E-state index contributed by atoms with van der Waals surface area (Å²) >= 11 is 5.91. The molecule has 3 heterocycles. The van der Waals surface area contributed by atoms with Gasteiger partial charge in [-0.15, -0.1) is 0 Å². The lowest BCUT2D eigenvalue weighted by Gasteiger charge is -2.29. The fraction of sp³-hybridized carbons (Fsp3) is 0.267. The van der Waals surface area contributed by atoms with Gasteiger partial charge in [-0.1, -0.05) is 25.1 Å². The summed E-state index contributed by atoms with van der Waals surface area (Å²) < 4.78 is 34.5. The number of hydrogen-bond acceptors (Lipinski definition) is 5. The van der Waals surface area contributed by atoms with Gasteiger partial charge in [0.25, 0.3) is 0 Å². The Morgan fingerprint density at radius 2 is 1.77 bits per heavy atom. The van der Waals surface area contributed by atoms with Gasteiger partial charge < -0.3 is 19.5 Å². The van der Waals surface area contributed by atoms with Crippen LogP contribution in [0.4, 0.5) is 11.4 Å². The molecule has 0 amide bonds. The summed E-state index contributed by atoms with van der Waals surface area (Å²) in [6.45, 7) is 6.37. The van der Waals surface area contributed by atoms with Crippen LogP contribution in [0.5, 0.6) is 5.75 Å². The number of aromatic nitrogens is 2. The SMILES string of the molecule is CCc1ccc(-n2c(C)cc([C@H]3[C@H](c4ccccn4)NC(=S)N3c3ccc(OC)c(NS(C)(=O)=O)c3)c2C)cc1. The van der Waals surface area contributed by atoms with Crippen molar-refractivity contribution >= 4 is 38.7 Å². The molecule has 5 rings (SSSR count). The van der Waals surface area contributed by atoms with Gasteiger partial charge in [-0.05, 0) is 92.1 Å². The van der Waals surface area contributed by atoms with Gasteiger partial charge in [0.1, 0.15) is 5.75 Å². The maximum absolute atomic E-state index is 12.1. The van der Waals surface area contributed by atoms with E-state index < -0.39 is 10.0 Å². The molecule has 0 bridgehead atoms. The number of nitrogens with zero attached hydrogens (tertiary/aromatic N) is 3. The molecule has 10 heteroatoms. The first-order chi connectivity index (χ1) is 19.1. The first-order valence-corrected chi connectivity index (χ1v) is 15.4. The predicted octanol–water partition coefficient (Wildman–Crippen LogP) is 5.61. The number of benzene rings is 2. The first kappa shape index (κ1) is 27.7. The molecule has 2 N–H and O–H groups in total. The molecule has 1 fully saturated rings. The second kappa shape index (κ2) is 10.9. The van der Waals surface area contributed by atoms with Crippen LogP contribution in [0.15, 0.2) is 72.9 Å². The Balaban J connectivity index is 1.67. The number of rotatable bonds is 8. The van der Waals surface area contributed by atoms with E-state index in [4.69, 9.17) is 17.0 Å². The van der Waals surface area contributed by atoms with Gasteiger partial charge >= 0.3 is 0 Å². The summed E-state index contributed by atoms with van der Waals surface area (Å²) in [5, 5.41) is 4.01. The number of pyridine rings is 1. The Kier molecular flexibility index (Phi) is 7.57. The van der Waals surface area contributed by atoms with Crippen molar-refractivity contribution < 1.29 is 13.2 Å². The van der Waals surface area contributed by atoms with Crippen molar-refractivity contribution in [1.29, 1.82) is 0 Å². The summed E-state index contributed by atoms with van der Waals surface area (Å²) in [5.74, 6) is 0.416. The van der Waals surface area contributed by atoms with Crippen molar-refractivity contribution in [1.82, 2.24) is 14.9 Å². The molecule has 0 radical (unpaired) electrons. The summed E-state index contributed by atoms with van der Waals surface area (Å²) in [5.41, 5.74) is 7.59. The van der Waals surface area contributed by atoms with Crippen LogP contribution < -0.4 is 19.7 Å². The van der Waals surface area contributed by atoms with Crippen molar-refractivity contribution in [2.24, 2.45) is 0 Å². The van der Waals surface area contributed by atoms with Crippen LogP contribution in [-0.2, 0) is 16.4 Å². The lowest BCUT2D eigenvalue weighted by atomic mass is 9.96. The van der Waals surface area contributed by atoms with E-state index >= 15 is 0 Å². The number of hydrogen-bond donors (Lipinski definition) is 2. The Hall–Kier alpha value is -3.89. The zero-order valence-electron chi connectivity index (χ0n) is 23.2. The standard InChI is InChI=1S/C30H33N5O3S2/c1-6-21-10-12-22(13-11-21)34-19(2)17-24(20(34)3)29-28(25-9-7-8-16-31-25)32-30(39)35(29)23-14-15-27(38-4)26(18-23)33-40(5,36)37/h7-18,28-29,33H,6H2,1-5H3,(H,32,39)/t28-,29-/m0/s1. The Bertz CT molecular complexity index is 1650. The molecule has 40 heavy (non-hydrogen) atoms. The normalized spacial score (nSPS) is 17.1. The van der Waals surface area contributed by atoms with Gasteiger partial charge in [0.15, 0.2) is 5.11 Å². The van der Waals surface area contributed by atoms with Crippen molar-refractivity contribution in [2.75, 3.05) is 23.0 Å². The molecule has 8 nitrogen and oxygen atoms in total. The molecule has 1 aliphatic rings. The third-order valence-electron chi connectivity index (χ3n) is 7.25. The van der Waals surface area contributed by atoms with Crippen LogP contribution in [0.1, 0.15) is 47.2 Å². The highest BCUT2D eigenvalue weighted by Gasteiger charge is 2.42. The Labute approximate surface area is 241 Å². The number of nitrogens with one attached hydrogen (secondary N) is 2. The molecule has 2 aromatic heterocycles. The van der Waals surface area contributed by atoms with Crippen LogP contribution in [0.3, 0.4) is 0 Å². The molecular weight excluding hydrogens is 542 g/mol. The van der Waals surface area contributed by atoms with E-state index in [1.54, 1.807) is 18.3 Å². The van der Waals surface area contributed by atoms with E-state index in [0.29, 0.717) is 16.5 Å². The van der Waals surface area contributed by atoms with Crippen LogP contribution in [-0.4, -0.2) is 36.4 Å². The van der Waals surface area contributed by atoms with Crippen LogP contribution in [0.2, 0.25) is 0 Å². The van der Waals surface area contributed by atoms with Gasteiger partial charge in [-0.2, -0.15) is 0 Å². The van der Waals surface area contributed by atoms with Crippen LogP contribution in [0.25, 0.3) is 5.69 Å². The van der Waals surface area contributed by atoms with Crippen LogP contribution >= 0.6 is 12.2 Å².